The van der Waals surface area contributed by atoms with E-state index in [1.807, 2.05) is 6.07 Å². The Labute approximate surface area is 110 Å². The van der Waals surface area contributed by atoms with Crippen LogP contribution in [-0.2, 0) is 25.6 Å². The second kappa shape index (κ2) is 4.90. The number of aliphatic hydroxyl groups excluding tert-OH is 2. The molecule has 2 heterocycles. The summed E-state index contributed by atoms with van der Waals surface area (Å²) in [6.45, 7) is -1.04. The molecule has 1 aromatic carbocycles. The van der Waals surface area contributed by atoms with Crippen molar-refractivity contribution >= 4 is 5.97 Å². The molecule has 2 fully saturated rings. The fourth-order valence-electron chi connectivity index (χ4n) is 2.18. The quantitative estimate of drug-likeness (QED) is 0.723. The number of carbonyl (C=O) groups excluding carboxylic acids is 1. The summed E-state index contributed by atoms with van der Waals surface area (Å²) in [7, 11) is 0. The van der Waals surface area contributed by atoms with E-state index in [0.29, 0.717) is 5.56 Å². The standard InChI is InChI=1S/C13H14O6/c14-8-10-11(18-12(8)16)9(15)13(19-10)17-6-7-4-2-1-3-5-7/h1-5,8-11,13-15H,6H2/t8-,9+,10+,11+,13?/m0/s1/i6D/t6?,8-,9+,10+,11+,13?. The summed E-state index contributed by atoms with van der Waals surface area (Å²) in [5.74, 6) is -0.817. The lowest BCUT2D eigenvalue weighted by molar-refractivity contribution is -0.191. The zero-order chi connectivity index (χ0) is 14.3. The van der Waals surface area contributed by atoms with E-state index < -0.39 is 43.3 Å². The van der Waals surface area contributed by atoms with Gasteiger partial charge in [-0.15, -0.1) is 0 Å². The molecule has 102 valence electrons. The van der Waals surface area contributed by atoms with Crippen LogP contribution in [0.3, 0.4) is 0 Å². The fourth-order valence-corrected chi connectivity index (χ4v) is 2.18. The molecule has 0 aliphatic carbocycles. The summed E-state index contributed by atoms with van der Waals surface area (Å²) in [5.41, 5.74) is 0.609. The van der Waals surface area contributed by atoms with Crippen molar-refractivity contribution in [2.45, 2.75) is 37.3 Å². The third kappa shape index (κ3) is 2.23. The smallest absolute Gasteiger partial charge is 0.338 e. The van der Waals surface area contributed by atoms with Crippen molar-refractivity contribution in [1.29, 1.82) is 0 Å². The maximum atomic E-state index is 11.1. The Hall–Kier alpha value is -1.47. The Morgan fingerprint density at radius 2 is 2.00 bits per heavy atom. The molecule has 19 heavy (non-hydrogen) atoms. The summed E-state index contributed by atoms with van der Waals surface area (Å²) in [5, 5.41) is 19.5. The molecule has 6 nitrogen and oxygen atoms in total. The highest BCUT2D eigenvalue weighted by Gasteiger charge is 2.56. The lowest BCUT2D eigenvalue weighted by atomic mass is 10.1. The zero-order valence-corrected chi connectivity index (χ0v) is 9.88. The molecule has 2 saturated heterocycles. The first-order chi connectivity index (χ1) is 9.58. The SMILES string of the molecule is [2H]C(OC1O[C@H]2[C@H](OC(=O)[C@H]2O)[C@H]1O)c1ccccc1. The minimum atomic E-state index is -1.43. The van der Waals surface area contributed by atoms with Gasteiger partial charge in [0, 0.05) is 0 Å². The lowest BCUT2D eigenvalue weighted by Gasteiger charge is -2.17. The number of esters is 1. The van der Waals surface area contributed by atoms with Crippen molar-refractivity contribution < 1.29 is 30.6 Å². The van der Waals surface area contributed by atoms with E-state index >= 15 is 0 Å². The second-order valence-electron chi connectivity index (χ2n) is 4.47. The fraction of sp³-hybridized carbons (Fsp3) is 0.462. The summed E-state index contributed by atoms with van der Waals surface area (Å²) in [6.07, 6.45) is -5.67. The van der Waals surface area contributed by atoms with Crippen LogP contribution >= 0.6 is 0 Å². The van der Waals surface area contributed by atoms with Crippen LogP contribution in [-0.4, -0.2) is 46.9 Å². The largest absolute Gasteiger partial charge is 0.454 e. The lowest BCUT2D eigenvalue weighted by Crippen LogP contribution is -2.33. The van der Waals surface area contributed by atoms with Gasteiger partial charge in [0.2, 0.25) is 0 Å². The van der Waals surface area contributed by atoms with Gasteiger partial charge in [-0.1, -0.05) is 30.3 Å². The first-order valence-corrected chi connectivity index (χ1v) is 5.92. The molecule has 2 aliphatic rings. The molecule has 6 atom stereocenters. The van der Waals surface area contributed by atoms with Gasteiger partial charge in [0.25, 0.3) is 0 Å². The number of aliphatic hydroxyl groups is 2. The molecule has 0 amide bonds. The maximum absolute atomic E-state index is 11.1. The molecule has 2 aliphatic heterocycles. The number of fused-ring (bicyclic) bond motifs is 1. The van der Waals surface area contributed by atoms with E-state index in [0.717, 1.165) is 0 Å². The molecule has 0 aromatic heterocycles. The van der Waals surface area contributed by atoms with E-state index in [2.05, 4.69) is 0 Å². The van der Waals surface area contributed by atoms with E-state index in [1.54, 1.807) is 24.3 Å². The minimum absolute atomic E-state index is 0.609. The molecule has 3 rings (SSSR count). The van der Waals surface area contributed by atoms with Gasteiger partial charge in [0.1, 0.15) is 12.2 Å². The van der Waals surface area contributed by atoms with E-state index in [9.17, 15) is 15.0 Å². The highest BCUT2D eigenvalue weighted by Crippen LogP contribution is 2.32. The number of ether oxygens (including phenoxy) is 3. The monoisotopic (exact) mass is 267 g/mol. The van der Waals surface area contributed by atoms with Crippen molar-refractivity contribution in [3.8, 4) is 0 Å². The van der Waals surface area contributed by atoms with Gasteiger partial charge in [-0.05, 0) is 5.56 Å². The van der Waals surface area contributed by atoms with E-state index in [-0.39, 0.29) is 0 Å². The van der Waals surface area contributed by atoms with Gasteiger partial charge in [0.15, 0.2) is 18.5 Å². The van der Waals surface area contributed by atoms with Crippen molar-refractivity contribution in [3.63, 3.8) is 0 Å². The molecule has 0 bridgehead atoms. The summed E-state index contributed by atoms with van der Waals surface area (Å²) >= 11 is 0. The van der Waals surface area contributed by atoms with Gasteiger partial charge in [-0.2, -0.15) is 0 Å². The summed E-state index contributed by atoms with van der Waals surface area (Å²) < 4.78 is 23.3. The molecule has 2 N–H and O–H groups in total. The third-order valence-corrected chi connectivity index (χ3v) is 3.17. The van der Waals surface area contributed by atoms with Gasteiger partial charge in [0.05, 0.1) is 7.95 Å². The topological polar surface area (TPSA) is 85.2 Å². The Balaban J connectivity index is 1.67. The van der Waals surface area contributed by atoms with Crippen molar-refractivity contribution in [2.24, 2.45) is 0 Å². The Bertz CT molecular complexity index is 495. The zero-order valence-electron chi connectivity index (χ0n) is 10.9. The maximum Gasteiger partial charge on any atom is 0.338 e. The highest BCUT2D eigenvalue weighted by molar-refractivity contribution is 5.78. The van der Waals surface area contributed by atoms with Gasteiger partial charge in [-0.3, -0.25) is 0 Å². The van der Waals surface area contributed by atoms with Gasteiger partial charge < -0.3 is 24.4 Å². The molecule has 0 spiro atoms. The van der Waals surface area contributed by atoms with Gasteiger partial charge >= 0.3 is 5.97 Å². The first-order valence-electron chi connectivity index (χ1n) is 6.50. The van der Waals surface area contributed by atoms with Crippen molar-refractivity contribution in [3.05, 3.63) is 35.9 Å². The third-order valence-electron chi connectivity index (χ3n) is 3.17. The summed E-state index contributed by atoms with van der Waals surface area (Å²) in [6, 6.07) is 8.79. The normalized spacial score (nSPS) is 39.6. The molecule has 0 radical (unpaired) electrons. The van der Waals surface area contributed by atoms with Crippen LogP contribution in [0.1, 0.15) is 6.93 Å². The van der Waals surface area contributed by atoms with Crippen molar-refractivity contribution in [1.82, 2.24) is 0 Å². The molecular weight excluding hydrogens is 252 g/mol. The minimum Gasteiger partial charge on any atom is -0.454 e. The van der Waals surface area contributed by atoms with Crippen LogP contribution in [0, 0.1) is 0 Å². The van der Waals surface area contributed by atoms with E-state index in [1.165, 1.54) is 0 Å². The second-order valence-corrected chi connectivity index (χ2v) is 4.47. The predicted octanol–water partition coefficient (Wildman–Crippen LogP) is -0.425. The summed E-state index contributed by atoms with van der Waals surface area (Å²) in [4.78, 5) is 11.1. The van der Waals surface area contributed by atoms with Crippen LogP contribution in [0.2, 0.25) is 0 Å². The van der Waals surface area contributed by atoms with Crippen LogP contribution in [0.4, 0.5) is 0 Å². The average molecular weight is 267 g/mol. The number of hydrogen-bond acceptors (Lipinski definition) is 6. The first kappa shape index (κ1) is 11.4. The predicted molar refractivity (Wildman–Crippen MR) is 61.8 cm³/mol. The Morgan fingerprint density at radius 1 is 1.26 bits per heavy atom. The van der Waals surface area contributed by atoms with Crippen LogP contribution in [0.15, 0.2) is 30.3 Å². The molecule has 0 saturated carbocycles. The average Bonchev–Trinajstić information content (AvgIpc) is 2.90. The number of rotatable bonds is 3. The molecule has 2 unspecified atom stereocenters. The van der Waals surface area contributed by atoms with E-state index in [4.69, 9.17) is 15.6 Å². The van der Waals surface area contributed by atoms with Crippen LogP contribution < -0.4 is 0 Å². The van der Waals surface area contributed by atoms with Crippen LogP contribution in [0.5, 0.6) is 0 Å². The number of benzene rings is 1. The molecule has 1 aromatic rings. The molecule has 6 heteroatoms. The number of hydrogen-bond donors (Lipinski definition) is 2. The van der Waals surface area contributed by atoms with Gasteiger partial charge in [-0.25, -0.2) is 4.79 Å². The Morgan fingerprint density at radius 3 is 2.68 bits per heavy atom. The number of carbonyl (C=O) groups is 1. The van der Waals surface area contributed by atoms with Crippen molar-refractivity contribution in [2.75, 3.05) is 0 Å². The Kier molecular flexibility index (Phi) is 2.93. The molecular formula is C13H14O6. The van der Waals surface area contributed by atoms with Crippen LogP contribution in [0.25, 0.3) is 0 Å². The highest BCUT2D eigenvalue weighted by atomic mass is 16.7.